The molecule has 1 aliphatic heterocycles. The second-order valence-corrected chi connectivity index (χ2v) is 7.51. The SMILES string of the molecule is CN(CCCOc1ccc(Cl)cc1)C(=O)C1CCCN(Cc2ccco2)C1. The number of halogens is 1. The van der Waals surface area contributed by atoms with Crippen LogP contribution < -0.4 is 4.74 Å². The van der Waals surface area contributed by atoms with E-state index in [-0.39, 0.29) is 11.8 Å². The molecule has 1 aliphatic rings. The second kappa shape index (κ2) is 9.81. The fourth-order valence-electron chi connectivity index (χ4n) is 3.47. The Morgan fingerprint density at radius 3 is 2.89 bits per heavy atom. The van der Waals surface area contributed by atoms with E-state index in [1.807, 2.05) is 48.3 Å². The van der Waals surface area contributed by atoms with Gasteiger partial charge in [0.2, 0.25) is 5.91 Å². The highest BCUT2D eigenvalue weighted by molar-refractivity contribution is 6.30. The number of amides is 1. The van der Waals surface area contributed by atoms with Gasteiger partial charge in [-0.25, -0.2) is 0 Å². The summed E-state index contributed by atoms with van der Waals surface area (Å²) in [5, 5.41) is 0.696. The zero-order chi connectivity index (χ0) is 19.1. The third-order valence-corrected chi connectivity index (χ3v) is 5.16. The van der Waals surface area contributed by atoms with Crippen molar-refractivity contribution in [1.29, 1.82) is 0 Å². The summed E-state index contributed by atoms with van der Waals surface area (Å²) in [5.41, 5.74) is 0. The highest BCUT2D eigenvalue weighted by atomic mass is 35.5. The van der Waals surface area contributed by atoms with Gasteiger partial charge in [0.1, 0.15) is 11.5 Å². The molecule has 1 unspecified atom stereocenters. The molecule has 0 N–H and O–H groups in total. The first-order chi connectivity index (χ1) is 13.1. The van der Waals surface area contributed by atoms with Gasteiger partial charge < -0.3 is 14.1 Å². The van der Waals surface area contributed by atoms with Crippen molar-refractivity contribution in [3.63, 3.8) is 0 Å². The molecule has 0 spiro atoms. The van der Waals surface area contributed by atoms with Crippen LogP contribution in [0.5, 0.6) is 5.75 Å². The van der Waals surface area contributed by atoms with Crippen LogP contribution in [0.4, 0.5) is 0 Å². The van der Waals surface area contributed by atoms with Crippen molar-refractivity contribution in [2.45, 2.75) is 25.8 Å². The molecule has 0 radical (unpaired) electrons. The number of carbonyl (C=O) groups is 1. The van der Waals surface area contributed by atoms with Crippen LogP contribution in [-0.2, 0) is 11.3 Å². The van der Waals surface area contributed by atoms with Crippen molar-refractivity contribution in [1.82, 2.24) is 9.80 Å². The van der Waals surface area contributed by atoms with Gasteiger partial charge in [0.05, 0.1) is 25.3 Å². The molecule has 0 saturated carbocycles. The number of hydrogen-bond acceptors (Lipinski definition) is 4. The smallest absolute Gasteiger partial charge is 0.226 e. The molecule has 6 heteroatoms. The molecule has 1 aromatic carbocycles. The minimum absolute atomic E-state index is 0.0656. The number of nitrogens with zero attached hydrogens (tertiary/aromatic N) is 2. The summed E-state index contributed by atoms with van der Waals surface area (Å²) in [6.07, 6.45) is 4.50. The maximum Gasteiger partial charge on any atom is 0.226 e. The van der Waals surface area contributed by atoms with E-state index < -0.39 is 0 Å². The summed E-state index contributed by atoms with van der Waals surface area (Å²) in [6.45, 7) is 3.86. The Morgan fingerprint density at radius 2 is 2.15 bits per heavy atom. The number of furan rings is 1. The lowest BCUT2D eigenvalue weighted by Crippen LogP contribution is -2.43. The third-order valence-electron chi connectivity index (χ3n) is 4.91. The van der Waals surface area contributed by atoms with Crippen LogP contribution in [-0.4, -0.2) is 49.0 Å². The Kier molecular flexibility index (Phi) is 7.18. The maximum absolute atomic E-state index is 12.8. The Bertz CT molecular complexity index is 703. The molecule has 3 rings (SSSR count). The summed E-state index contributed by atoms with van der Waals surface area (Å²) in [6, 6.07) is 11.2. The van der Waals surface area contributed by atoms with E-state index in [0.717, 1.165) is 50.4 Å². The fourth-order valence-corrected chi connectivity index (χ4v) is 3.59. The molecule has 0 aliphatic carbocycles. The molecule has 1 saturated heterocycles. The number of hydrogen-bond donors (Lipinski definition) is 0. The van der Waals surface area contributed by atoms with Crippen molar-refractivity contribution in [2.24, 2.45) is 5.92 Å². The van der Waals surface area contributed by atoms with E-state index in [2.05, 4.69) is 4.90 Å². The topological polar surface area (TPSA) is 45.9 Å². The number of piperidine rings is 1. The van der Waals surface area contributed by atoms with Gasteiger partial charge in [0.25, 0.3) is 0 Å². The van der Waals surface area contributed by atoms with Gasteiger partial charge in [-0.3, -0.25) is 9.69 Å². The van der Waals surface area contributed by atoms with Crippen LogP contribution in [0.2, 0.25) is 5.02 Å². The van der Waals surface area contributed by atoms with Crippen molar-refractivity contribution in [3.05, 3.63) is 53.4 Å². The largest absolute Gasteiger partial charge is 0.494 e. The van der Waals surface area contributed by atoms with Crippen LogP contribution in [0.3, 0.4) is 0 Å². The van der Waals surface area contributed by atoms with Crippen molar-refractivity contribution < 1.29 is 13.9 Å². The molecule has 1 amide bonds. The summed E-state index contributed by atoms with van der Waals surface area (Å²) in [5.74, 6) is 2.05. The first-order valence-electron chi connectivity index (χ1n) is 9.50. The first-order valence-corrected chi connectivity index (χ1v) is 9.87. The van der Waals surface area contributed by atoms with Crippen LogP contribution in [0.1, 0.15) is 25.0 Å². The van der Waals surface area contributed by atoms with E-state index in [1.54, 1.807) is 6.26 Å². The molecule has 1 aromatic heterocycles. The molecular formula is C21H27ClN2O3. The average molecular weight is 391 g/mol. The molecule has 1 fully saturated rings. The highest BCUT2D eigenvalue weighted by Gasteiger charge is 2.28. The van der Waals surface area contributed by atoms with Crippen LogP contribution in [0.15, 0.2) is 47.1 Å². The van der Waals surface area contributed by atoms with E-state index in [0.29, 0.717) is 18.2 Å². The summed E-state index contributed by atoms with van der Waals surface area (Å²) >= 11 is 5.86. The number of benzene rings is 1. The number of rotatable bonds is 8. The quantitative estimate of drug-likeness (QED) is 0.637. The Hall–Kier alpha value is -1.98. The predicted octanol–water partition coefficient (Wildman–Crippen LogP) is 4.07. The average Bonchev–Trinajstić information content (AvgIpc) is 3.19. The summed E-state index contributed by atoms with van der Waals surface area (Å²) in [4.78, 5) is 16.9. The van der Waals surface area contributed by atoms with Gasteiger partial charge in [-0.2, -0.15) is 0 Å². The van der Waals surface area contributed by atoms with Gasteiger partial charge in [0.15, 0.2) is 0 Å². The summed E-state index contributed by atoms with van der Waals surface area (Å²) in [7, 11) is 1.89. The minimum Gasteiger partial charge on any atom is -0.494 e. The number of ether oxygens (including phenoxy) is 1. The first kappa shape index (κ1) is 19.8. The second-order valence-electron chi connectivity index (χ2n) is 7.07. The normalized spacial score (nSPS) is 17.6. The van der Waals surface area contributed by atoms with Crippen LogP contribution >= 0.6 is 11.6 Å². The number of carbonyl (C=O) groups excluding carboxylic acids is 1. The van der Waals surface area contributed by atoms with Gasteiger partial charge in [-0.05, 0) is 62.2 Å². The van der Waals surface area contributed by atoms with Crippen LogP contribution in [0.25, 0.3) is 0 Å². The molecule has 0 bridgehead atoms. The minimum atomic E-state index is 0.0656. The van der Waals surface area contributed by atoms with E-state index in [9.17, 15) is 4.79 Å². The van der Waals surface area contributed by atoms with Gasteiger partial charge in [-0.15, -0.1) is 0 Å². The monoisotopic (exact) mass is 390 g/mol. The van der Waals surface area contributed by atoms with E-state index in [4.69, 9.17) is 20.8 Å². The predicted molar refractivity (Wildman–Crippen MR) is 106 cm³/mol. The Balaban J connectivity index is 1.39. The maximum atomic E-state index is 12.8. The standard InChI is InChI=1S/C21H27ClN2O3/c1-23(11-4-14-26-19-9-7-18(22)8-10-19)21(25)17-5-2-12-24(15-17)16-20-6-3-13-27-20/h3,6-10,13,17H,2,4-5,11-12,14-16H2,1H3. The Labute approximate surface area is 165 Å². The molecule has 1 atom stereocenters. The lowest BCUT2D eigenvalue weighted by molar-refractivity contribution is -0.136. The summed E-state index contributed by atoms with van der Waals surface area (Å²) < 4.78 is 11.1. The zero-order valence-electron chi connectivity index (χ0n) is 15.8. The third kappa shape index (κ3) is 6.01. The molecule has 2 aromatic rings. The highest BCUT2D eigenvalue weighted by Crippen LogP contribution is 2.21. The molecule has 2 heterocycles. The number of likely N-dealkylation sites (tertiary alicyclic amines) is 1. The van der Waals surface area contributed by atoms with Gasteiger partial charge >= 0.3 is 0 Å². The fraction of sp³-hybridized carbons (Fsp3) is 0.476. The van der Waals surface area contributed by atoms with Crippen molar-refractivity contribution >= 4 is 17.5 Å². The molecule has 146 valence electrons. The van der Waals surface area contributed by atoms with E-state index >= 15 is 0 Å². The van der Waals surface area contributed by atoms with Crippen LogP contribution in [0, 0.1) is 5.92 Å². The molecular weight excluding hydrogens is 364 g/mol. The zero-order valence-corrected chi connectivity index (χ0v) is 16.5. The van der Waals surface area contributed by atoms with Gasteiger partial charge in [-0.1, -0.05) is 11.6 Å². The Morgan fingerprint density at radius 1 is 1.33 bits per heavy atom. The lowest BCUT2D eigenvalue weighted by Gasteiger charge is -2.33. The van der Waals surface area contributed by atoms with E-state index in [1.165, 1.54) is 0 Å². The molecule has 5 nitrogen and oxygen atoms in total. The van der Waals surface area contributed by atoms with Gasteiger partial charge in [0, 0.05) is 25.2 Å². The lowest BCUT2D eigenvalue weighted by atomic mass is 9.96. The molecule has 27 heavy (non-hydrogen) atoms. The van der Waals surface area contributed by atoms with Crippen molar-refractivity contribution in [2.75, 3.05) is 33.3 Å². The van der Waals surface area contributed by atoms with Crippen molar-refractivity contribution in [3.8, 4) is 5.75 Å².